The van der Waals surface area contributed by atoms with Crippen molar-refractivity contribution >= 4 is 5.91 Å². The number of amides is 1. The highest BCUT2D eigenvalue weighted by molar-refractivity contribution is 5.77. The first-order valence-electron chi connectivity index (χ1n) is 10.5. The van der Waals surface area contributed by atoms with Crippen molar-refractivity contribution in [2.24, 2.45) is 0 Å². The molecule has 6 heteroatoms. The fourth-order valence-corrected chi connectivity index (χ4v) is 3.76. The van der Waals surface area contributed by atoms with Gasteiger partial charge < -0.3 is 25.2 Å². The molecule has 0 spiro atoms. The van der Waals surface area contributed by atoms with Crippen molar-refractivity contribution in [3.05, 3.63) is 58.7 Å². The molecule has 0 saturated heterocycles. The number of nitrogens with one attached hydrogen (secondary N) is 1. The molecule has 0 bridgehead atoms. The minimum atomic E-state index is -0.621. The fourth-order valence-electron chi connectivity index (χ4n) is 3.76. The van der Waals surface area contributed by atoms with Gasteiger partial charge in [0.05, 0.1) is 6.10 Å². The quantitative estimate of drug-likeness (QED) is 0.621. The van der Waals surface area contributed by atoms with E-state index in [-0.39, 0.29) is 24.3 Å². The van der Waals surface area contributed by atoms with Gasteiger partial charge in [0.1, 0.15) is 11.5 Å². The van der Waals surface area contributed by atoms with Crippen LogP contribution in [0.25, 0.3) is 0 Å². The molecule has 2 aromatic carbocycles. The average Bonchev–Trinajstić information content (AvgIpc) is 2.75. The smallest absolute Gasteiger partial charge is 0.259 e. The Kier molecular flexibility index (Phi) is 7.34. The van der Waals surface area contributed by atoms with Crippen LogP contribution in [0.3, 0.4) is 0 Å². The number of hydrogen-bond acceptors (Lipinski definition) is 5. The number of ether oxygens (including phenoxy) is 1. The molecule has 3 N–H and O–H groups in total. The SMILES string of the molecule is CCc1cc(C(O)CNC2CCc3ccc(OCC(=O)N(C)C)cc3C2)ccc1O. The lowest BCUT2D eigenvalue weighted by atomic mass is 9.88. The first-order chi connectivity index (χ1) is 14.4. The number of benzene rings is 2. The third-order valence-electron chi connectivity index (χ3n) is 5.74. The number of phenols is 1. The van der Waals surface area contributed by atoms with E-state index in [0.29, 0.717) is 12.3 Å². The van der Waals surface area contributed by atoms with Gasteiger partial charge in [0.2, 0.25) is 0 Å². The molecule has 3 rings (SSSR count). The predicted molar refractivity (Wildman–Crippen MR) is 117 cm³/mol. The van der Waals surface area contributed by atoms with Crippen LogP contribution >= 0.6 is 0 Å². The summed E-state index contributed by atoms with van der Waals surface area (Å²) in [6, 6.07) is 11.6. The van der Waals surface area contributed by atoms with Crippen LogP contribution in [-0.2, 0) is 24.1 Å². The molecule has 2 atom stereocenters. The maximum atomic E-state index is 11.7. The number of likely N-dealkylation sites (N-methyl/N-ethyl adjacent to an activating group) is 1. The Bertz CT molecular complexity index is 882. The van der Waals surface area contributed by atoms with E-state index in [1.165, 1.54) is 16.0 Å². The molecule has 2 unspecified atom stereocenters. The molecule has 0 aliphatic heterocycles. The summed E-state index contributed by atoms with van der Waals surface area (Å²) in [5.74, 6) is 0.915. The fraction of sp³-hybridized carbons (Fsp3) is 0.458. The predicted octanol–water partition coefficient (Wildman–Crippen LogP) is 2.60. The van der Waals surface area contributed by atoms with Crippen molar-refractivity contribution < 1.29 is 19.7 Å². The maximum absolute atomic E-state index is 11.7. The Morgan fingerprint density at radius 2 is 2.03 bits per heavy atom. The van der Waals surface area contributed by atoms with Gasteiger partial charge in [-0.1, -0.05) is 19.1 Å². The third-order valence-corrected chi connectivity index (χ3v) is 5.74. The summed E-state index contributed by atoms with van der Waals surface area (Å²) >= 11 is 0. The summed E-state index contributed by atoms with van der Waals surface area (Å²) in [7, 11) is 3.43. The van der Waals surface area contributed by atoms with Crippen molar-refractivity contribution in [3.8, 4) is 11.5 Å². The van der Waals surface area contributed by atoms with Gasteiger partial charge in [-0.25, -0.2) is 0 Å². The summed E-state index contributed by atoms with van der Waals surface area (Å²) < 4.78 is 5.65. The summed E-state index contributed by atoms with van der Waals surface area (Å²) in [5.41, 5.74) is 4.19. The average molecular weight is 413 g/mol. The monoisotopic (exact) mass is 412 g/mol. The zero-order chi connectivity index (χ0) is 21.7. The molecule has 0 aromatic heterocycles. The zero-order valence-corrected chi connectivity index (χ0v) is 18.0. The van der Waals surface area contributed by atoms with Gasteiger partial charge in [0.15, 0.2) is 6.61 Å². The lowest BCUT2D eigenvalue weighted by molar-refractivity contribution is -0.130. The molecule has 0 saturated carbocycles. The van der Waals surface area contributed by atoms with Crippen molar-refractivity contribution in [2.45, 2.75) is 44.8 Å². The Morgan fingerprint density at radius 3 is 2.77 bits per heavy atom. The lowest BCUT2D eigenvalue weighted by Gasteiger charge is -2.27. The second-order valence-electron chi connectivity index (χ2n) is 8.11. The van der Waals surface area contributed by atoms with Crippen LogP contribution in [-0.4, -0.2) is 54.3 Å². The van der Waals surface area contributed by atoms with Crippen molar-refractivity contribution in [1.82, 2.24) is 10.2 Å². The normalized spacial score (nSPS) is 16.6. The Morgan fingerprint density at radius 1 is 1.23 bits per heavy atom. The van der Waals surface area contributed by atoms with Gasteiger partial charge in [0, 0.05) is 26.7 Å². The standard InChI is InChI=1S/C24H32N2O4/c1-4-16-11-18(7-10-22(16)27)23(28)14-25-20-8-5-17-6-9-21(13-19(17)12-20)30-15-24(29)26(2)3/h6-7,9-11,13,20,23,25,27-28H,4-5,8,12,14-15H2,1-3H3. The van der Waals surface area contributed by atoms with Crippen LogP contribution in [0.5, 0.6) is 11.5 Å². The molecule has 0 heterocycles. The van der Waals surface area contributed by atoms with Crippen molar-refractivity contribution in [2.75, 3.05) is 27.2 Å². The highest BCUT2D eigenvalue weighted by Crippen LogP contribution is 2.27. The first kappa shape index (κ1) is 22.1. The molecule has 162 valence electrons. The summed E-state index contributed by atoms with van der Waals surface area (Å²) in [6.45, 7) is 2.48. The topological polar surface area (TPSA) is 82.0 Å². The van der Waals surface area contributed by atoms with E-state index in [2.05, 4.69) is 11.4 Å². The number of carbonyl (C=O) groups excluding carboxylic acids is 1. The number of aliphatic hydroxyl groups is 1. The Hall–Kier alpha value is -2.57. The number of nitrogens with zero attached hydrogens (tertiary/aromatic N) is 1. The summed E-state index contributed by atoms with van der Waals surface area (Å²) in [5, 5.41) is 23.9. The van der Waals surface area contributed by atoms with Gasteiger partial charge in [-0.15, -0.1) is 0 Å². The van der Waals surface area contributed by atoms with Gasteiger partial charge in [-0.05, 0) is 72.2 Å². The molecular formula is C24H32N2O4. The molecule has 0 fully saturated rings. The van der Waals surface area contributed by atoms with E-state index in [0.717, 1.165) is 36.8 Å². The number of aryl methyl sites for hydroxylation is 2. The number of fused-ring (bicyclic) bond motifs is 1. The van der Waals surface area contributed by atoms with E-state index in [1.807, 2.05) is 25.1 Å². The number of hydrogen-bond donors (Lipinski definition) is 3. The number of aliphatic hydroxyl groups excluding tert-OH is 1. The van der Waals surface area contributed by atoms with Gasteiger partial charge in [-0.2, -0.15) is 0 Å². The van der Waals surface area contributed by atoms with Crippen LogP contribution in [0, 0.1) is 0 Å². The second-order valence-corrected chi connectivity index (χ2v) is 8.11. The third kappa shape index (κ3) is 5.52. The second kappa shape index (κ2) is 9.96. The van der Waals surface area contributed by atoms with Crippen LogP contribution < -0.4 is 10.1 Å². The van der Waals surface area contributed by atoms with Gasteiger partial charge in [0.25, 0.3) is 5.91 Å². The lowest BCUT2D eigenvalue weighted by Crippen LogP contribution is -2.37. The molecular weight excluding hydrogens is 380 g/mol. The maximum Gasteiger partial charge on any atom is 0.259 e. The minimum absolute atomic E-state index is 0.0338. The van der Waals surface area contributed by atoms with Gasteiger partial charge in [-0.3, -0.25) is 4.79 Å². The van der Waals surface area contributed by atoms with E-state index in [9.17, 15) is 15.0 Å². The van der Waals surface area contributed by atoms with Crippen LogP contribution in [0.15, 0.2) is 36.4 Å². The highest BCUT2D eigenvalue weighted by atomic mass is 16.5. The first-order valence-corrected chi connectivity index (χ1v) is 10.5. The molecule has 2 aromatic rings. The summed E-state index contributed by atoms with van der Waals surface area (Å²) in [4.78, 5) is 13.3. The molecule has 1 aliphatic rings. The van der Waals surface area contributed by atoms with E-state index >= 15 is 0 Å². The van der Waals surface area contributed by atoms with Crippen LogP contribution in [0.1, 0.15) is 41.7 Å². The van der Waals surface area contributed by atoms with Crippen LogP contribution in [0.2, 0.25) is 0 Å². The van der Waals surface area contributed by atoms with Crippen LogP contribution in [0.4, 0.5) is 0 Å². The Balaban J connectivity index is 1.56. The van der Waals surface area contributed by atoms with E-state index in [1.54, 1.807) is 26.2 Å². The van der Waals surface area contributed by atoms with E-state index in [4.69, 9.17) is 4.74 Å². The largest absolute Gasteiger partial charge is 0.508 e. The number of carbonyl (C=O) groups is 1. The molecule has 6 nitrogen and oxygen atoms in total. The summed E-state index contributed by atoms with van der Waals surface area (Å²) in [6.07, 6.45) is 2.94. The van der Waals surface area contributed by atoms with Gasteiger partial charge >= 0.3 is 0 Å². The van der Waals surface area contributed by atoms with E-state index < -0.39 is 6.10 Å². The number of aromatic hydroxyl groups is 1. The van der Waals surface area contributed by atoms with Crippen molar-refractivity contribution in [3.63, 3.8) is 0 Å². The molecule has 1 aliphatic carbocycles. The number of rotatable bonds is 8. The molecule has 0 radical (unpaired) electrons. The zero-order valence-electron chi connectivity index (χ0n) is 18.0. The minimum Gasteiger partial charge on any atom is -0.508 e. The Labute approximate surface area is 178 Å². The molecule has 30 heavy (non-hydrogen) atoms. The van der Waals surface area contributed by atoms with Crippen molar-refractivity contribution in [1.29, 1.82) is 0 Å². The molecule has 1 amide bonds. The highest BCUT2D eigenvalue weighted by Gasteiger charge is 2.20. The number of phenolic OH excluding ortho intramolecular Hbond substituents is 1.